The number of hydrogen-bond donors (Lipinski definition) is 2. The summed E-state index contributed by atoms with van der Waals surface area (Å²) < 4.78 is 5.01. The van der Waals surface area contributed by atoms with Crippen molar-refractivity contribution in [3.8, 4) is 0 Å². The Morgan fingerprint density at radius 3 is 3.18 bits per heavy atom. The molecule has 1 heterocycles. The van der Waals surface area contributed by atoms with Crippen LogP contribution in [0.1, 0.15) is 25.0 Å². The van der Waals surface area contributed by atoms with Crippen LogP contribution in [0.25, 0.3) is 0 Å². The summed E-state index contributed by atoms with van der Waals surface area (Å²) >= 11 is 0. The van der Waals surface area contributed by atoms with Crippen LogP contribution >= 0.6 is 0 Å². The van der Waals surface area contributed by atoms with E-state index in [0.29, 0.717) is 13.2 Å². The third-order valence-corrected chi connectivity index (χ3v) is 2.23. The number of allylic oxidation sites excluding steroid dienone is 1. The molecule has 1 rings (SSSR count). The zero-order chi connectivity index (χ0) is 12.3. The van der Waals surface area contributed by atoms with Gasteiger partial charge < -0.3 is 15.0 Å². The number of amides is 1. The van der Waals surface area contributed by atoms with E-state index >= 15 is 0 Å². The molecular formula is C12H19N3O2. The van der Waals surface area contributed by atoms with Crippen LogP contribution in [-0.2, 0) is 11.2 Å². The van der Waals surface area contributed by atoms with Gasteiger partial charge in [-0.15, -0.1) is 6.58 Å². The number of ether oxygens (including phenoxy) is 1. The third-order valence-electron chi connectivity index (χ3n) is 2.23. The van der Waals surface area contributed by atoms with E-state index in [1.165, 1.54) is 0 Å². The zero-order valence-electron chi connectivity index (χ0n) is 9.95. The molecule has 1 aromatic rings. The Bertz CT molecular complexity index is 323. The molecule has 0 aliphatic rings. The van der Waals surface area contributed by atoms with Gasteiger partial charge in [-0.25, -0.2) is 9.78 Å². The first kappa shape index (κ1) is 13.3. The predicted octanol–water partition coefficient (Wildman–Crippen LogP) is 2.03. The minimum atomic E-state index is -0.348. The quantitative estimate of drug-likeness (QED) is 0.537. The number of aryl methyl sites for hydroxylation is 1. The molecule has 0 radical (unpaired) electrons. The molecule has 5 nitrogen and oxygen atoms in total. The number of carbonyl (C=O) groups excluding carboxylic acids is 1. The highest BCUT2D eigenvalue weighted by Crippen LogP contribution is 1.97. The van der Waals surface area contributed by atoms with Crippen molar-refractivity contribution in [3.05, 3.63) is 30.9 Å². The maximum absolute atomic E-state index is 11.2. The summed E-state index contributed by atoms with van der Waals surface area (Å²) in [6.07, 6.45) is 8.33. The number of carbonyl (C=O) groups is 1. The van der Waals surface area contributed by atoms with Crippen molar-refractivity contribution in [1.29, 1.82) is 0 Å². The van der Waals surface area contributed by atoms with Crippen LogP contribution < -0.4 is 5.32 Å². The van der Waals surface area contributed by atoms with E-state index < -0.39 is 0 Å². The van der Waals surface area contributed by atoms with Crippen LogP contribution in [0.5, 0.6) is 0 Å². The van der Waals surface area contributed by atoms with E-state index in [-0.39, 0.29) is 6.09 Å². The Kier molecular flexibility index (Phi) is 6.55. The van der Waals surface area contributed by atoms with Crippen molar-refractivity contribution in [2.24, 2.45) is 0 Å². The Morgan fingerprint density at radius 1 is 1.59 bits per heavy atom. The van der Waals surface area contributed by atoms with Gasteiger partial charge in [-0.05, 0) is 25.7 Å². The molecule has 2 N–H and O–H groups in total. The number of unbranched alkanes of at least 4 members (excludes halogenated alkanes) is 1. The molecule has 0 fully saturated rings. The summed E-state index contributed by atoms with van der Waals surface area (Å²) in [5, 5.41) is 2.68. The summed E-state index contributed by atoms with van der Waals surface area (Å²) in [7, 11) is 0. The minimum Gasteiger partial charge on any atom is -0.450 e. The highest BCUT2D eigenvalue weighted by Gasteiger charge is 2.00. The van der Waals surface area contributed by atoms with Gasteiger partial charge in [0.15, 0.2) is 0 Å². The zero-order valence-corrected chi connectivity index (χ0v) is 9.95. The van der Waals surface area contributed by atoms with E-state index in [0.717, 1.165) is 31.4 Å². The first-order valence-corrected chi connectivity index (χ1v) is 5.81. The molecule has 0 spiro atoms. The van der Waals surface area contributed by atoms with E-state index in [4.69, 9.17) is 4.74 Å². The molecule has 0 atom stereocenters. The van der Waals surface area contributed by atoms with E-state index in [1.807, 2.05) is 6.08 Å². The number of nitrogens with one attached hydrogen (secondary N) is 2. The second-order valence-electron chi connectivity index (χ2n) is 3.67. The second kappa shape index (κ2) is 8.38. The SMILES string of the molecule is C=CCCCNC(=O)OCCCc1cnc[nH]1. The fourth-order valence-corrected chi connectivity index (χ4v) is 1.34. The maximum atomic E-state index is 11.2. The third kappa shape index (κ3) is 6.40. The number of hydrogen-bond acceptors (Lipinski definition) is 3. The van der Waals surface area contributed by atoms with Crippen LogP contribution in [-0.4, -0.2) is 29.2 Å². The van der Waals surface area contributed by atoms with Crippen LogP contribution in [0.4, 0.5) is 4.79 Å². The normalized spacial score (nSPS) is 9.88. The van der Waals surface area contributed by atoms with Gasteiger partial charge in [-0.2, -0.15) is 0 Å². The first-order valence-electron chi connectivity index (χ1n) is 5.81. The molecule has 0 aliphatic heterocycles. The lowest BCUT2D eigenvalue weighted by molar-refractivity contribution is 0.145. The average Bonchev–Trinajstić information content (AvgIpc) is 2.83. The molecule has 0 saturated carbocycles. The van der Waals surface area contributed by atoms with Gasteiger partial charge >= 0.3 is 6.09 Å². The van der Waals surface area contributed by atoms with Crippen molar-refractivity contribution in [2.45, 2.75) is 25.7 Å². The standard InChI is InChI=1S/C12H19N3O2/c1-2-3-4-7-14-12(16)17-8-5-6-11-9-13-10-15-11/h2,9-10H,1,3-8H2,(H,13,15)(H,14,16). The fourth-order valence-electron chi connectivity index (χ4n) is 1.34. The van der Waals surface area contributed by atoms with Crippen LogP contribution in [0, 0.1) is 0 Å². The maximum Gasteiger partial charge on any atom is 0.407 e. The van der Waals surface area contributed by atoms with Crippen molar-refractivity contribution in [1.82, 2.24) is 15.3 Å². The first-order chi connectivity index (χ1) is 8.33. The number of H-pyrrole nitrogens is 1. The Labute approximate surface area is 101 Å². The van der Waals surface area contributed by atoms with Crippen molar-refractivity contribution < 1.29 is 9.53 Å². The van der Waals surface area contributed by atoms with Crippen molar-refractivity contribution in [3.63, 3.8) is 0 Å². The summed E-state index contributed by atoms with van der Waals surface area (Å²) in [6.45, 7) is 4.66. The van der Waals surface area contributed by atoms with Crippen molar-refractivity contribution >= 4 is 6.09 Å². The second-order valence-corrected chi connectivity index (χ2v) is 3.67. The minimum absolute atomic E-state index is 0.348. The van der Waals surface area contributed by atoms with E-state index in [2.05, 4.69) is 21.9 Å². The predicted molar refractivity (Wildman–Crippen MR) is 65.7 cm³/mol. The van der Waals surface area contributed by atoms with Crippen molar-refractivity contribution in [2.75, 3.05) is 13.2 Å². The fraction of sp³-hybridized carbons (Fsp3) is 0.500. The summed E-state index contributed by atoms with van der Waals surface area (Å²) in [5.41, 5.74) is 1.06. The monoisotopic (exact) mass is 237 g/mol. The van der Waals surface area contributed by atoms with Gasteiger partial charge in [0.2, 0.25) is 0 Å². The Morgan fingerprint density at radius 2 is 2.47 bits per heavy atom. The molecule has 1 amide bonds. The van der Waals surface area contributed by atoms with Crippen LogP contribution in [0.2, 0.25) is 0 Å². The lowest BCUT2D eigenvalue weighted by Crippen LogP contribution is -2.25. The number of rotatable bonds is 8. The molecule has 1 aromatic heterocycles. The lowest BCUT2D eigenvalue weighted by Gasteiger charge is -2.05. The smallest absolute Gasteiger partial charge is 0.407 e. The van der Waals surface area contributed by atoms with Gasteiger partial charge in [-0.3, -0.25) is 0 Å². The molecule has 0 aromatic carbocycles. The molecule has 0 saturated heterocycles. The molecule has 5 heteroatoms. The molecule has 0 unspecified atom stereocenters. The number of imidazole rings is 1. The van der Waals surface area contributed by atoms with E-state index in [1.54, 1.807) is 12.5 Å². The Hall–Kier alpha value is -1.78. The number of aromatic nitrogens is 2. The summed E-state index contributed by atoms with van der Waals surface area (Å²) in [6, 6.07) is 0. The molecule has 94 valence electrons. The molecule has 17 heavy (non-hydrogen) atoms. The summed E-state index contributed by atoms with van der Waals surface area (Å²) in [5.74, 6) is 0. The summed E-state index contributed by atoms with van der Waals surface area (Å²) in [4.78, 5) is 18.1. The molecular weight excluding hydrogens is 218 g/mol. The van der Waals surface area contributed by atoms with Gasteiger partial charge in [-0.1, -0.05) is 6.08 Å². The highest BCUT2D eigenvalue weighted by atomic mass is 16.5. The lowest BCUT2D eigenvalue weighted by atomic mass is 10.3. The average molecular weight is 237 g/mol. The topological polar surface area (TPSA) is 67.0 Å². The number of alkyl carbamates (subject to hydrolysis) is 1. The largest absolute Gasteiger partial charge is 0.450 e. The van der Waals surface area contributed by atoms with Crippen LogP contribution in [0.3, 0.4) is 0 Å². The molecule has 0 aliphatic carbocycles. The van der Waals surface area contributed by atoms with Gasteiger partial charge in [0, 0.05) is 18.4 Å². The van der Waals surface area contributed by atoms with Crippen LogP contribution in [0.15, 0.2) is 25.2 Å². The Balaban J connectivity index is 1.95. The highest BCUT2D eigenvalue weighted by molar-refractivity contribution is 5.66. The number of aromatic amines is 1. The molecule has 0 bridgehead atoms. The van der Waals surface area contributed by atoms with Gasteiger partial charge in [0.05, 0.1) is 12.9 Å². The number of nitrogens with zero attached hydrogens (tertiary/aromatic N) is 1. The van der Waals surface area contributed by atoms with Gasteiger partial charge in [0.25, 0.3) is 0 Å². The van der Waals surface area contributed by atoms with E-state index in [9.17, 15) is 4.79 Å². The van der Waals surface area contributed by atoms with Gasteiger partial charge in [0.1, 0.15) is 0 Å².